The van der Waals surface area contributed by atoms with Crippen molar-refractivity contribution in [3.63, 3.8) is 0 Å². The van der Waals surface area contributed by atoms with Crippen LogP contribution in [0.15, 0.2) is 0 Å². The van der Waals surface area contributed by atoms with E-state index in [0.29, 0.717) is 25.4 Å². The van der Waals surface area contributed by atoms with Crippen molar-refractivity contribution >= 4 is 23.8 Å². The summed E-state index contributed by atoms with van der Waals surface area (Å²) in [6, 6.07) is -0.882. The quantitative estimate of drug-likeness (QED) is 0.860. The Labute approximate surface area is 129 Å². The summed E-state index contributed by atoms with van der Waals surface area (Å²) in [5.74, 6) is -0.443. The zero-order valence-corrected chi connectivity index (χ0v) is 13.7. The minimum Gasteiger partial charge on any atom is -0.480 e. The standard InChI is InChI=1S/C14H24N2O4S/c1-4-5-11-16(10(8-21-11)12(17)18)13(19)15-6-7-20-14(2,3)9-15/h10-11H,4-9H2,1-3H3,(H,17,18). The van der Waals surface area contributed by atoms with Gasteiger partial charge in [-0.15, -0.1) is 11.8 Å². The molecule has 2 atom stereocenters. The van der Waals surface area contributed by atoms with Crippen LogP contribution in [0, 0.1) is 0 Å². The Morgan fingerprint density at radius 1 is 1.43 bits per heavy atom. The minimum absolute atomic E-state index is 0.0328. The fraction of sp³-hybridized carbons (Fsp3) is 0.857. The van der Waals surface area contributed by atoms with E-state index < -0.39 is 12.0 Å². The molecule has 0 radical (unpaired) electrons. The highest BCUT2D eigenvalue weighted by Crippen LogP contribution is 2.33. The van der Waals surface area contributed by atoms with Crippen molar-refractivity contribution in [1.29, 1.82) is 0 Å². The molecule has 2 rings (SSSR count). The van der Waals surface area contributed by atoms with Crippen LogP contribution in [0.25, 0.3) is 0 Å². The molecule has 0 aromatic carbocycles. The fourth-order valence-corrected chi connectivity index (χ4v) is 4.33. The van der Waals surface area contributed by atoms with Crippen LogP contribution in [-0.2, 0) is 9.53 Å². The van der Waals surface area contributed by atoms with Crippen molar-refractivity contribution < 1.29 is 19.4 Å². The molecular weight excluding hydrogens is 292 g/mol. The molecule has 7 heteroatoms. The van der Waals surface area contributed by atoms with Crippen molar-refractivity contribution in [3.8, 4) is 0 Å². The van der Waals surface area contributed by atoms with Gasteiger partial charge in [0, 0.05) is 12.3 Å². The Hall–Kier alpha value is -0.950. The Kier molecular flexibility index (Phi) is 5.03. The molecule has 1 N–H and O–H groups in total. The van der Waals surface area contributed by atoms with Gasteiger partial charge >= 0.3 is 12.0 Å². The lowest BCUT2D eigenvalue weighted by atomic mass is 10.1. The number of nitrogens with zero attached hydrogens (tertiary/aromatic N) is 2. The van der Waals surface area contributed by atoms with Crippen LogP contribution in [0.4, 0.5) is 4.79 Å². The van der Waals surface area contributed by atoms with E-state index in [2.05, 4.69) is 6.92 Å². The van der Waals surface area contributed by atoms with Crippen LogP contribution >= 0.6 is 11.8 Å². The molecule has 0 aromatic heterocycles. The molecule has 0 aromatic rings. The minimum atomic E-state index is -0.915. The number of carbonyl (C=O) groups excluding carboxylic acids is 1. The van der Waals surface area contributed by atoms with Crippen LogP contribution in [0.3, 0.4) is 0 Å². The maximum atomic E-state index is 12.8. The summed E-state index contributed by atoms with van der Waals surface area (Å²) in [5.41, 5.74) is -0.375. The summed E-state index contributed by atoms with van der Waals surface area (Å²) in [6.45, 7) is 7.46. The van der Waals surface area contributed by atoms with Gasteiger partial charge in [0.15, 0.2) is 0 Å². The number of hydrogen-bond acceptors (Lipinski definition) is 4. The molecule has 21 heavy (non-hydrogen) atoms. The van der Waals surface area contributed by atoms with Gasteiger partial charge < -0.3 is 14.7 Å². The first-order chi connectivity index (χ1) is 9.85. The number of rotatable bonds is 3. The lowest BCUT2D eigenvalue weighted by Crippen LogP contribution is -2.57. The number of thioether (sulfide) groups is 1. The smallest absolute Gasteiger partial charge is 0.327 e. The Balaban J connectivity index is 2.14. The third-order valence-electron chi connectivity index (χ3n) is 3.83. The number of urea groups is 1. The van der Waals surface area contributed by atoms with Crippen molar-refractivity contribution in [2.24, 2.45) is 0 Å². The highest BCUT2D eigenvalue weighted by Gasteiger charge is 2.44. The molecule has 0 spiro atoms. The molecule has 2 aliphatic heterocycles. The lowest BCUT2D eigenvalue weighted by molar-refractivity contribution is -0.141. The van der Waals surface area contributed by atoms with E-state index in [9.17, 15) is 14.7 Å². The monoisotopic (exact) mass is 316 g/mol. The van der Waals surface area contributed by atoms with Gasteiger partial charge in [0.25, 0.3) is 0 Å². The SMILES string of the molecule is CCCC1SCC(C(=O)O)N1C(=O)N1CCOC(C)(C)C1. The molecule has 2 amide bonds. The third kappa shape index (κ3) is 3.63. The number of carboxylic acids is 1. The number of carbonyl (C=O) groups is 2. The molecule has 120 valence electrons. The number of amides is 2. The fourth-order valence-electron chi connectivity index (χ4n) is 2.82. The van der Waals surface area contributed by atoms with E-state index in [-0.39, 0.29) is 17.0 Å². The summed E-state index contributed by atoms with van der Waals surface area (Å²) in [5, 5.41) is 9.34. The van der Waals surface area contributed by atoms with Crippen LogP contribution in [0.2, 0.25) is 0 Å². The molecule has 2 unspecified atom stereocenters. The topological polar surface area (TPSA) is 70.1 Å². The molecule has 6 nitrogen and oxygen atoms in total. The van der Waals surface area contributed by atoms with Crippen molar-refractivity contribution in [1.82, 2.24) is 9.80 Å². The average molecular weight is 316 g/mol. The number of hydrogen-bond donors (Lipinski definition) is 1. The van der Waals surface area contributed by atoms with Gasteiger partial charge in [-0.05, 0) is 20.3 Å². The Bertz CT molecular complexity index is 416. The summed E-state index contributed by atoms with van der Waals surface area (Å²) in [7, 11) is 0. The van der Waals surface area contributed by atoms with Gasteiger partial charge in [-0.3, -0.25) is 4.90 Å². The molecule has 0 bridgehead atoms. The molecule has 2 heterocycles. The van der Waals surface area contributed by atoms with Crippen LogP contribution in [-0.4, -0.2) is 69.4 Å². The first kappa shape index (κ1) is 16.4. The number of carboxylic acid groups (broad SMARTS) is 1. The van der Waals surface area contributed by atoms with Gasteiger partial charge in [-0.25, -0.2) is 9.59 Å². The molecular formula is C14H24N2O4S. The summed E-state index contributed by atoms with van der Waals surface area (Å²) < 4.78 is 5.62. The van der Waals surface area contributed by atoms with Gasteiger partial charge in [0.05, 0.1) is 24.1 Å². The van der Waals surface area contributed by atoms with E-state index in [0.717, 1.165) is 12.8 Å². The second-order valence-electron chi connectivity index (χ2n) is 6.15. The van der Waals surface area contributed by atoms with E-state index in [1.807, 2.05) is 13.8 Å². The predicted molar refractivity (Wildman–Crippen MR) is 81.4 cm³/mol. The summed E-state index contributed by atoms with van der Waals surface area (Å²) in [4.78, 5) is 27.5. The largest absolute Gasteiger partial charge is 0.480 e. The van der Waals surface area contributed by atoms with Crippen molar-refractivity contribution in [2.45, 2.75) is 50.6 Å². The zero-order chi connectivity index (χ0) is 15.6. The van der Waals surface area contributed by atoms with Crippen LogP contribution in [0.1, 0.15) is 33.6 Å². The molecule has 2 saturated heterocycles. The van der Waals surface area contributed by atoms with Crippen LogP contribution in [0.5, 0.6) is 0 Å². The molecule has 0 aliphatic carbocycles. The Morgan fingerprint density at radius 3 is 2.71 bits per heavy atom. The Morgan fingerprint density at radius 2 is 2.14 bits per heavy atom. The highest BCUT2D eigenvalue weighted by atomic mass is 32.2. The second kappa shape index (κ2) is 6.44. The predicted octanol–water partition coefficient (Wildman–Crippen LogP) is 1.85. The van der Waals surface area contributed by atoms with E-state index in [4.69, 9.17) is 4.74 Å². The van der Waals surface area contributed by atoms with E-state index >= 15 is 0 Å². The maximum absolute atomic E-state index is 12.8. The van der Waals surface area contributed by atoms with Gasteiger partial charge in [-0.2, -0.15) is 0 Å². The second-order valence-corrected chi connectivity index (χ2v) is 7.36. The van der Waals surface area contributed by atoms with Gasteiger partial charge in [0.1, 0.15) is 6.04 Å². The molecule has 0 saturated carbocycles. The average Bonchev–Trinajstić information content (AvgIpc) is 2.81. The first-order valence-corrected chi connectivity index (χ1v) is 8.46. The number of aliphatic carboxylic acids is 1. The third-order valence-corrected chi connectivity index (χ3v) is 5.19. The van der Waals surface area contributed by atoms with Gasteiger partial charge in [0.2, 0.25) is 0 Å². The number of morpholine rings is 1. The lowest BCUT2D eigenvalue weighted by Gasteiger charge is -2.41. The van der Waals surface area contributed by atoms with Gasteiger partial charge in [-0.1, -0.05) is 13.3 Å². The normalized spacial score (nSPS) is 28.7. The first-order valence-electron chi connectivity index (χ1n) is 7.41. The molecule has 2 fully saturated rings. The van der Waals surface area contributed by atoms with Crippen molar-refractivity contribution in [2.75, 3.05) is 25.4 Å². The van der Waals surface area contributed by atoms with Crippen LogP contribution < -0.4 is 0 Å². The maximum Gasteiger partial charge on any atom is 0.327 e. The summed E-state index contributed by atoms with van der Waals surface area (Å²) in [6.07, 6.45) is 1.76. The zero-order valence-electron chi connectivity index (χ0n) is 12.9. The van der Waals surface area contributed by atoms with Crippen molar-refractivity contribution in [3.05, 3.63) is 0 Å². The molecule has 2 aliphatic rings. The van der Waals surface area contributed by atoms with E-state index in [1.54, 1.807) is 21.6 Å². The highest BCUT2D eigenvalue weighted by molar-refractivity contribution is 8.00. The number of ether oxygens (including phenoxy) is 1. The van der Waals surface area contributed by atoms with E-state index in [1.165, 1.54) is 0 Å². The summed E-state index contributed by atoms with van der Waals surface area (Å²) >= 11 is 1.57.